The Morgan fingerprint density at radius 2 is 1.69 bits per heavy atom. The van der Waals surface area contributed by atoms with Crippen molar-refractivity contribution in [2.24, 2.45) is 0 Å². The molecule has 3 nitrogen and oxygen atoms in total. The number of hydrogen-bond donors (Lipinski definition) is 0. The zero-order valence-electron chi connectivity index (χ0n) is 13.8. The summed E-state index contributed by atoms with van der Waals surface area (Å²) in [4.78, 5) is 13.4. The Morgan fingerprint density at radius 3 is 2.46 bits per heavy atom. The number of thiophene rings is 1. The van der Waals surface area contributed by atoms with Crippen LogP contribution in [0, 0.1) is 11.3 Å². The molecule has 0 spiro atoms. The van der Waals surface area contributed by atoms with E-state index in [0.717, 1.165) is 27.3 Å². The maximum atomic E-state index is 12.3. The quantitative estimate of drug-likeness (QED) is 0.513. The van der Waals surface area contributed by atoms with Crippen LogP contribution in [0.2, 0.25) is 0 Å². The van der Waals surface area contributed by atoms with Gasteiger partial charge in [0.1, 0.15) is 0 Å². The zero-order chi connectivity index (χ0) is 17.9. The van der Waals surface area contributed by atoms with Gasteiger partial charge in [-0.25, -0.2) is 0 Å². The smallest absolute Gasteiger partial charge is 0.255 e. The van der Waals surface area contributed by atoms with Gasteiger partial charge in [0, 0.05) is 22.8 Å². The summed E-state index contributed by atoms with van der Waals surface area (Å²) >= 11 is 1.65. The fraction of sp³-hybridized carbons (Fsp3) is 0. The van der Waals surface area contributed by atoms with E-state index in [9.17, 15) is 10.1 Å². The normalized spacial score (nSPS) is 10.4. The van der Waals surface area contributed by atoms with E-state index >= 15 is 0 Å². The number of hydrogen-bond acceptors (Lipinski definition) is 3. The van der Waals surface area contributed by atoms with Crippen LogP contribution in [0.4, 0.5) is 0 Å². The topological polar surface area (TPSA) is 45.8 Å². The van der Waals surface area contributed by atoms with E-state index in [1.165, 1.54) is 0 Å². The van der Waals surface area contributed by atoms with E-state index in [4.69, 9.17) is 0 Å². The van der Waals surface area contributed by atoms with E-state index in [2.05, 4.69) is 18.2 Å². The van der Waals surface area contributed by atoms with Gasteiger partial charge in [0.05, 0.1) is 11.6 Å². The largest absolute Gasteiger partial charge is 0.284 e. The molecule has 4 heteroatoms. The summed E-state index contributed by atoms with van der Waals surface area (Å²) in [6.45, 7) is 0. The summed E-state index contributed by atoms with van der Waals surface area (Å²) in [6.07, 6.45) is 1.76. The molecule has 2 heterocycles. The predicted molar refractivity (Wildman–Crippen MR) is 106 cm³/mol. The van der Waals surface area contributed by atoms with Crippen LogP contribution in [-0.4, -0.2) is 4.57 Å². The zero-order valence-corrected chi connectivity index (χ0v) is 14.6. The molecule has 0 N–H and O–H groups in total. The number of pyridine rings is 1. The molecule has 0 aliphatic carbocycles. The molecule has 0 amide bonds. The van der Waals surface area contributed by atoms with Crippen molar-refractivity contribution in [1.82, 2.24) is 4.57 Å². The lowest BCUT2D eigenvalue weighted by molar-refractivity contribution is 0.991. The van der Waals surface area contributed by atoms with Crippen LogP contribution in [0.15, 0.2) is 89.2 Å². The molecule has 124 valence electrons. The highest BCUT2D eigenvalue weighted by Gasteiger charge is 2.10. The van der Waals surface area contributed by atoms with Gasteiger partial charge in [-0.05, 0) is 58.5 Å². The summed E-state index contributed by atoms with van der Waals surface area (Å²) < 4.78 is 1.62. The van der Waals surface area contributed by atoms with Crippen molar-refractivity contribution in [3.05, 3.63) is 100 Å². The molecule has 4 rings (SSSR count). The second kappa shape index (κ2) is 6.83. The fourth-order valence-corrected chi connectivity index (χ4v) is 3.68. The predicted octanol–water partition coefficient (Wildman–Crippen LogP) is 5.10. The van der Waals surface area contributed by atoms with Crippen molar-refractivity contribution < 1.29 is 0 Å². The van der Waals surface area contributed by atoms with Crippen LogP contribution >= 0.6 is 11.3 Å². The molecule has 26 heavy (non-hydrogen) atoms. The van der Waals surface area contributed by atoms with Gasteiger partial charge in [0.2, 0.25) is 0 Å². The van der Waals surface area contributed by atoms with Gasteiger partial charge in [-0.3, -0.25) is 9.36 Å². The van der Waals surface area contributed by atoms with E-state index < -0.39 is 0 Å². The lowest BCUT2D eigenvalue weighted by atomic mass is 9.97. The Labute approximate surface area is 155 Å². The molecule has 0 fully saturated rings. The molecule has 0 aliphatic heterocycles. The molecule has 0 saturated heterocycles. The molecule has 0 unspecified atom stereocenters. The molecular formula is C22H14N2OS. The van der Waals surface area contributed by atoms with Gasteiger partial charge in [0.25, 0.3) is 5.56 Å². The third-order valence-electron chi connectivity index (χ3n) is 4.18. The SMILES string of the molecule is N#Cc1ccccc1-c1cc(-c2cccs2)cc(-n2ccccc2=O)c1. The van der Waals surface area contributed by atoms with Gasteiger partial charge >= 0.3 is 0 Å². The van der Waals surface area contributed by atoms with Crippen molar-refractivity contribution in [2.45, 2.75) is 0 Å². The summed E-state index contributed by atoms with van der Waals surface area (Å²) in [5.41, 5.74) is 4.11. The lowest BCUT2D eigenvalue weighted by Gasteiger charge is -2.12. The average Bonchev–Trinajstić information content (AvgIpc) is 3.23. The first kappa shape index (κ1) is 16.1. The highest BCUT2D eigenvalue weighted by atomic mass is 32.1. The van der Waals surface area contributed by atoms with Crippen molar-refractivity contribution in [3.8, 4) is 33.3 Å². The first-order valence-corrected chi connectivity index (χ1v) is 9.01. The van der Waals surface area contributed by atoms with Gasteiger partial charge < -0.3 is 0 Å². The standard InChI is InChI=1S/C22H14N2OS/c23-15-16-6-1-2-7-20(16)17-12-18(21-8-5-11-26-21)14-19(13-17)24-10-4-3-9-22(24)25/h1-14H. The Bertz CT molecular complexity index is 1170. The minimum Gasteiger partial charge on any atom is -0.284 e. The van der Waals surface area contributed by atoms with Gasteiger partial charge in [-0.2, -0.15) is 5.26 Å². The van der Waals surface area contributed by atoms with E-state index in [1.807, 2.05) is 53.9 Å². The van der Waals surface area contributed by atoms with Crippen molar-refractivity contribution in [2.75, 3.05) is 0 Å². The first-order chi connectivity index (χ1) is 12.8. The monoisotopic (exact) mass is 354 g/mol. The molecule has 0 radical (unpaired) electrons. The molecular weight excluding hydrogens is 340 g/mol. The number of benzene rings is 2. The molecule has 0 saturated carbocycles. The number of rotatable bonds is 3. The summed E-state index contributed by atoms with van der Waals surface area (Å²) in [6, 6.07) is 25.0. The molecule has 4 aromatic rings. The Balaban J connectivity index is 1.99. The van der Waals surface area contributed by atoms with Crippen LogP contribution in [0.25, 0.3) is 27.3 Å². The van der Waals surface area contributed by atoms with Crippen molar-refractivity contribution in [1.29, 1.82) is 5.26 Å². The molecule has 0 aliphatic rings. The molecule has 0 atom stereocenters. The van der Waals surface area contributed by atoms with Crippen LogP contribution < -0.4 is 5.56 Å². The summed E-state index contributed by atoms with van der Waals surface area (Å²) in [5.74, 6) is 0. The second-order valence-corrected chi connectivity index (χ2v) is 6.76. The molecule has 0 bridgehead atoms. The third-order valence-corrected chi connectivity index (χ3v) is 5.10. The fourth-order valence-electron chi connectivity index (χ4n) is 2.96. The minimum atomic E-state index is -0.0876. The maximum Gasteiger partial charge on any atom is 0.255 e. The van der Waals surface area contributed by atoms with E-state index in [1.54, 1.807) is 34.2 Å². The number of nitrogens with zero attached hydrogens (tertiary/aromatic N) is 2. The highest BCUT2D eigenvalue weighted by molar-refractivity contribution is 7.13. The minimum absolute atomic E-state index is 0.0876. The van der Waals surface area contributed by atoms with Gasteiger partial charge in [-0.15, -0.1) is 11.3 Å². The molecule has 2 aromatic heterocycles. The lowest BCUT2D eigenvalue weighted by Crippen LogP contribution is -2.15. The van der Waals surface area contributed by atoms with Gasteiger partial charge in [0.15, 0.2) is 0 Å². The Kier molecular flexibility index (Phi) is 4.22. The highest BCUT2D eigenvalue weighted by Crippen LogP contribution is 2.33. The van der Waals surface area contributed by atoms with Crippen LogP contribution in [0.5, 0.6) is 0 Å². The first-order valence-electron chi connectivity index (χ1n) is 8.13. The van der Waals surface area contributed by atoms with Crippen molar-refractivity contribution in [3.63, 3.8) is 0 Å². The number of aromatic nitrogens is 1. The summed E-state index contributed by atoms with van der Waals surface area (Å²) in [7, 11) is 0. The summed E-state index contributed by atoms with van der Waals surface area (Å²) in [5, 5.41) is 11.5. The van der Waals surface area contributed by atoms with Crippen LogP contribution in [-0.2, 0) is 0 Å². The Hall–Kier alpha value is -3.42. The van der Waals surface area contributed by atoms with Gasteiger partial charge in [-0.1, -0.05) is 30.3 Å². The van der Waals surface area contributed by atoms with Crippen LogP contribution in [0.3, 0.4) is 0 Å². The molecule has 2 aromatic carbocycles. The third kappa shape index (κ3) is 2.97. The van der Waals surface area contributed by atoms with E-state index in [0.29, 0.717) is 5.56 Å². The Morgan fingerprint density at radius 1 is 0.885 bits per heavy atom. The van der Waals surface area contributed by atoms with Crippen molar-refractivity contribution >= 4 is 11.3 Å². The maximum absolute atomic E-state index is 12.3. The second-order valence-electron chi connectivity index (χ2n) is 5.81. The average molecular weight is 354 g/mol. The van der Waals surface area contributed by atoms with Crippen LogP contribution in [0.1, 0.15) is 5.56 Å². The number of nitriles is 1. The van der Waals surface area contributed by atoms with E-state index in [-0.39, 0.29) is 5.56 Å².